The molecule has 0 fully saturated rings. The van der Waals surface area contributed by atoms with Crippen molar-refractivity contribution in [2.24, 2.45) is 0 Å². The van der Waals surface area contributed by atoms with Crippen molar-refractivity contribution in [3.05, 3.63) is 23.8 Å². The predicted molar refractivity (Wildman–Crippen MR) is 76.6 cm³/mol. The van der Waals surface area contributed by atoms with Gasteiger partial charge in [0.05, 0.1) is 23.0 Å². The maximum Gasteiger partial charge on any atom is 0.224 e. The van der Waals surface area contributed by atoms with E-state index in [4.69, 9.17) is 11.0 Å². The molecule has 1 amide bonds. The van der Waals surface area contributed by atoms with Crippen molar-refractivity contribution in [1.29, 1.82) is 5.26 Å². The van der Waals surface area contributed by atoms with Crippen molar-refractivity contribution in [2.45, 2.75) is 20.3 Å². The van der Waals surface area contributed by atoms with E-state index in [1.165, 1.54) is 0 Å². The van der Waals surface area contributed by atoms with Gasteiger partial charge in [-0.25, -0.2) is 0 Å². The summed E-state index contributed by atoms with van der Waals surface area (Å²) in [5.41, 5.74) is 7.63. The lowest BCUT2D eigenvalue weighted by Crippen LogP contribution is -2.31. The molecular weight excluding hydrogens is 240 g/mol. The third-order valence-corrected chi connectivity index (χ3v) is 2.95. The lowest BCUT2D eigenvalue weighted by molar-refractivity contribution is -0.130. The summed E-state index contributed by atoms with van der Waals surface area (Å²) in [6.45, 7) is 5.88. The van der Waals surface area contributed by atoms with Gasteiger partial charge in [-0.1, -0.05) is 0 Å². The molecular formula is C14H20N4O. The molecule has 0 aliphatic carbocycles. The molecule has 0 aliphatic rings. The maximum absolute atomic E-state index is 11.8. The summed E-state index contributed by atoms with van der Waals surface area (Å²) in [4.78, 5) is 13.6. The van der Waals surface area contributed by atoms with E-state index in [9.17, 15) is 4.79 Å². The number of nitrogens with zero attached hydrogens (tertiary/aromatic N) is 2. The molecule has 0 aromatic heterocycles. The standard InChI is InChI=1S/C14H20N4O/c1-3-18(4-2)14(19)7-8-17-13-9-11(10-15)5-6-12(13)16/h5-6,9,17H,3-4,7-8,16H2,1-2H3. The van der Waals surface area contributed by atoms with Crippen LogP contribution in [0.25, 0.3) is 0 Å². The highest BCUT2D eigenvalue weighted by molar-refractivity contribution is 5.77. The van der Waals surface area contributed by atoms with Gasteiger partial charge in [0.25, 0.3) is 0 Å². The summed E-state index contributed by atoms with van der Waals surface area (Å²) in [6, 6.07) is 7.11. The molecule has 0 heterocycles. The van der Waals surface area contributed by atoms with Crippen LogP contribution in [0.5, 0.6) is 0 Å². The molecule has 0 saturated carbocycles. The summed E-state index contributed by atoms with van der Waals surface area (Å²) < 4.78 is 0. The van der Waals surface area contributed by atoms with E-state index >= 15 is 0 Å². The number of benzene rings is 1. The Kier molecular flexibility index (Phi) is 5.68. The molecule has 0 radical (unpaired) electrons. The van der Waals surface area contributed by atoms with Crippen LogP contribution in [0, 0.1) is 11.3 Å². The monoisotopic (exact) mass is 260 g/mol. The lowest BCUT2D eigenvalue weighted by Gasteiger charge is -2.19. The Morgan fingerprint density at radius 2 is 2.11 bits per heavy atom. The first kappa shape index (κ1) is 14.8. The number of hydrogen-bond donors (Lipinski definition) is 2. The number of nitrogen functional groups attached to an aromatic ring is 1. The molecule has 19 heavy (non-hydrogen) atoms. The third kappa shape index (κ3) is 4.18. The van der Waals surface area contributed by atoms with Crippen molar-refractivity contribution in [1.82, 2.24) is 4.90 Å². The van der Waals surface area contributed by atoms with Gasteiger partial charge in [-0.15, -0.1) is 0 Å². The zero-order valence-corrected chi connectivity index (χ0v) is 11.4. The van der Waals surface area contributed by atoms with Crippen LogP contribution in [-0.4, -0.2) is 30.4 Å². The van der Waals surface area contributed by atoms with E-state index in [-0.39, 0.29) is 5.91 Å². The highest BCUT2D eigenvalue weighted by Crippen LogP contribution is 2.19. The van der Waals surface area contributed by atoms with Crippen LogP contribution in [0.3, 0.4) is 0 Å². The summed E-state index contributed by atoms with van der Waals surface area (Å²) in [6.07, 6.45) is 0.415. The second-order valence-electron chi connectivity index (χ2n) is 4.16. The number of hydrogen-bond acceptors (Lipinski definition) is 4. The molecule has 102 valence electrons. The topological polar surface area (TPSA) is 82.2 Å². The fraction of sp³-hybridized carbons (Fsp3) is 0.429. The lowest BCUT2D eigenvalue weighted by atomic mass is 10.2. The Hall–Kier alpha value is -2.22. The maximum atomic E-state index is 11.8. The quantitative estimate of drug-likeness (QED) is 0.764. The number of nitrogens with two attached hydrogens (primary N) is 1. The number of amides is 1. The Labute approximate surface area is 114 Å². The Balaban J connectivity index is 2.54. The van der Waals surface area contributed by atoms with Crippen LogP contribution in [0.4, 0.5) is 11.4 Å². The molecule has 1 aromatic carbocycles. The smallest absolute Gasteiger partial charge is 0.224 e. The molecule has 0 unspecified atom stereocenters. The fourth-order valence-corrected chi connectivity index (χ4v) is 1.82. The van der Waals surface area contributed by atoms with Gasteiger partial charge in [0, 0.05) is 26.1 Å². The molecule has 0 saturated heterocycles. The van der Waals surface area contributed by atoms with Crippen LogP contribution in [-0.2, 0) is 4.79 Å². The zero-order valence-electron chi connectivity index (χ0n) is 11.4. The number of rotatable bonds is 6. The van der Waals surface area contributed by atoms with E-state index < -0.39 is 0 Å². The molecule has 5 heteroatoms. The number of carbonyl (C=O) groups is 1. The Morgan fingerprint density at radius 1 is 1.42 bits per heavy atom. The van der Waals surface area contributed by atoms with Gasteiger partial charge in [0.15, 0.2) is 0 Å². The molecule has 0 bridgehead atoms. The first-order valence-electron chi connectivity index (χ1n) is 6.43. The summed E-state index contributed by atoms with van der Waals surface area (Å²) in [7, 11) is 0. The van der Waals surface area contributed by atoms with Gasteiger partial charge < -0.3 is 16.0 Å². The van der Waals surface area contributed by atoms with Crippen LogP contribution >= 0.6 is 0 Å². The molecule has 1 aromatic rings. The first-order chi connectivity index (χ1) is 9.12. The van der Waals surface area contributed by atoms with Crippen molar-refractivity contribution < 1.29 is 4.79 Å². The van der Waals surface area contributed by atoms with Crippen molar-refractivity contribution in [3.63, 3.8) is 0 Å². The van der Waals surface area contributed by atoms with Gasteiger partial charge in [0.2, 0.25) is 5.91 Å². The minimum Gasteiger partial charge on any atom is -0.397 e. The molecule has 5 nitrogen and oxygen atoms in total. The summed E-state index contributed by atoms with van der Waals surface area (Å²) in [5, 5.41) is 11.9. The number of carbonyl (C=O) groups excluding carboxylic acids is 1. The van der Waals surface area contributed by atoms with Crippen LogP contribution in [0.1, 0.15) is 25.8 Å². The van der Waals surface area contributed by atoms with Gasteiger partial charge in [-0.05, 0) is 32.0 Å². The second-order valence-corrected chi connectivity index (χ2v) is 4.16. The Morgan fingerprint density at radius 3 is 2.68 bits per heavy atom. The van der Waals surface area contributed by atoms with Crippen LogP contribution in [0.15, 0.2) is 18.2 Å². The van der Waals surface area contributed by atoms with Gasteiger partial charge in [0.1, 0.15) is 0 Å². The summed E-state index contributed by atoms with van der Waals surface area (Å²) in [5.74, 6) is 0.118. The zero-order chi connectivity index (χ0) is 14.3. The van der Waals surface area contributed by atoms with E-state index in [1.54, 1.807) is 23.1 Å². The van der Waals surface area contributed by atoms with Gasteiger partial charge in [-0.3, -0.25) is 4.79 Å². The third-order valence-electron chi connectivity index (χ3n) is 2.95. The highest BCUT2D eigenvalue weighted by atomic mass is 16.2. The molecule has 0 atom stereocenters. The van der Waals surface area contributed by atoms with Gasteiger partial charge >= 0.3 is 0 Å². The number of nitriles is 1. The SMILES string of the molecule is CCN(CC)C(=O)CCNc1cc(C#N)ccc1N. The second kappa shape index (κ2) is 7.27. The average Bonchev–Trinajstić information content (AvgIpc) is 2.42. The molecule has 1 rings (SSSR count). The first-order valence-corrected chi connectivity index (χ1v) is 6.43. The minimum absolute atomic E-state index is 0.118. The highest BCUT2D eigenvalue weighted by Gasteiger charge is 2.09. The summed E-state index contributed by atoms with van der Waals surface area (Å²) >= 11 is 0. The van der Waals surface area contributed by atoms with E-state index in [0.717, 1.165) is 13.1 Å². The van der Waals surface area contributed by atoms with Crippen molar-refractivity contribution in [3.8, 4) is 6.07 Å². The molecule has 0 spiro atoms. The van der Waals surface area contributed by atoms with Gasteiger partial charge in [-0.2, -0.15) is 5.26 Å². The number of anilines is 2. The molecule has 3 N–H and O–H groups in total. The fourth-order valence-electron chi connectivity index (χ4n) is 1.82. The Bertz CT molecular complexity index is 475. The van der Waals surface area contributed by atoms with Crippen molar-refractivity contribution in [2.75, 3.05) is 30.7 Å². The minimum atomic E-state index is 0.118. The van der Waals surface area contributed by atoms with Crippen molar-refractivity contribution >= 4 is 17.3 Å². The number of nitrogens with one attached hydrogen (secondary N) is 1. The van der Waals surface area contributed by atoms with Crippen LogP contribution < -0.4 is 11.1 Å². The molecule has 0 aliphatic heterocycles. The van der Waals surface area contributed by atoms with E-state index in [0.29, 0.717) is 29.9 Å². The van der Waals surface area contributed by atoms with Crippen LogP contribution in [0.2, 0.25) is 0 Å². The van der Waals surface area contributed by atoms with E-state index in [2.05, 4.69) is 11.4 Å². The normalized spacial score (nSPS) is 9.74. The largest absolute Gasteiger partial charge is 0.397 e. The predicted octanol–water partition coefficient (Wildman–Crippen LogP) is 1.81. The van der Waals surface area contributed by atoms with E-state index in [1.807, 2.05) is 13.8 Å². The average molecular weight is 260 g/mol.